The molecule has 0 fully saturated rings. The van der Waals surface area contributed by atoms with Crippen LogP contribution in [0.25, 0.3) is 0 Å². The van der Waals surface area contributed by atoms with Crippen molar-refractivity contribution in [1.82, 2.24) is 4.31 Å². The first-order valence-corrected chi connectivity index (χ1v) is 9.38. The van der Waals surface area contributed by atoms with Crippen LogP contribution in [0.4, 0.5) is 4.39 Å². The molecule has 0 radical (unpaired) electrons. The average Bonchev–Trinajstić information content (AvgIpc) is 2.77. The molecule has 0 aliphatic carbocycles. The number of carbonyl (C=O) groups excluding carboxylic acids is 1. The van der Waals surface area contributed by atoms with Gasteiger partial charge in [-0.25, -0.2) is 12.8 Å². The summed E-state index contributed by atoms with van der Waals surface area (Å²) in [6, 6.07) is 11.8. The number of carbonyl (C=O) groups is 1. The molecule has 5 nitrogen and oxygen atoms in total. The van der Waals surface area contributed by atoms with E-state index in [0.717, 1.165) is 11.6 Å². The summed E-state index contributed by atoms with van der Waals surface area (Å²) in [5.41, 5.74) is 1.08. The number of nitrogens with zero attached hydrogens (tertiary/aromatic N) is 1. The minimum Gasteiger partial charge on any atom is -0.466 e. The monoisotopic (exact) mass is 363 g/mol. The van der Waals surface area contributed by atoms with Crippen molar-refractivity contribution in [1.29, 1.82) is 0 Å². The van der Waals surface area contributed by atoms with Crippen LogP contribution in [-0.4, -0.2) is 25.3 Å². The van der Waals surface area contributed by atoms with Crippen molar-refractivity contribution < 1.29 is 22.3 Å². The SMILES string of the molecule is CCOC(=O)CC1c2cc(F)ccc2S(=O)(=O)N1Cc1ccccc1. The van der Waals surface area contributed by atoms with Gasteiger partial charge in [0.25, 0.3) is 0 Å². The first kappa shape index (κ1) is 17.6. The van der Waals surface area contributed by atoms with E-state index in [2.05, 4.69) is 0 Å². The molecule has 0 N–H and O–H groups in total. The van der Waals surface area contributed by atoms with Crippen LogP contribution in [-0.2, 0) is 26.1 Å². The van der Waals surface area contributed by atoms with Crippen molar-refractivity contribution in [2.45, 2.75) is 30.8 Å². The second-order valence-corrected chi connectivity index (χ2v) is 7.60. The predicted molar refractivity (Wildman–Crippen MR) is 89.6 cm³/mol. The zero-order valence-electron chi connectivity index (χ0n) is 13.7. The number of ether oxygens (including phenoxy) is 1. The largest absolute Gasteiger partial charge is 0.466 e. The number of rotatable bonds is 5. The standard InChI is InChI=1S/C18H18FNO4S/c1-2-24-18(21)11-16-15-10-14(19)8-9-17(15)25(22,23)20(16)12-13-6-4-3-5-7-13/h3-10,16H,2,11-12H2,1H3. The Morgan fingerprint density at radius 2 is 1.92 bits per heavy atom. The number of fused-ring (bicyclic) bond motifs is 1. The number of hydrogen-bond acceptors (Lipinski definition) is 4. The summed E-state index contributed by atoms with van der Waals surface area (Å²) in [4.78, 5) is 12.0. The van der Waals surface area contributed by atoms with Gasteiger partial charge in [0.1, 0.15) is 5.82 Å². The maximum absolute atomic E-state index is 13.7. The smallest absolute Gasteiger partial charge is 0.307 e. The summed E-state index contributed by atoms with van der Waals surface area (Å²) in [5.74, 6) is -1.05. The fraction of sp³-hybridized carbons (Fsp3) is 0.278. The number of sulfonamides is 1. The molecule has 0 saturated carbocycles. The molecule has 0 aromatic heterocycles. The van der Waals surface area contributed by atoms with Crippen LogP contribution in [0, 0.1) is 5.82 Å². The van der Waals surface area contributed by atoms with Gasteiger partial charge in [0.05, 0.1) is 24.0 Å². The van der Waals surface area contributed by atoms with E-state index in [1.165, 1.54) is 16.4 Å². The molecule has 25 heavy (non-hydrogen) atoms. The molecule has 1 unspecified atom stereocenters. The maximum atomic E-state index is 13.7. The Morgan fingerprint density at radius 1 is 1.20 bits per heavy atom. The minimum atomic E-state index is -3.81. The molecule has 1 aliphatic rings. The Balaban J connectivity index is 2.02. The highest BCUT2D eigenvalue weighted by Gasteiger charge is 2.43. The fourth-order valence-corrected chi connectivity index (χ4v) is 4.84. The van der Waals surface area contributed by atoms with Gasteiger partial charge >= 0.3 is 5.97 Å². The predicted octanol–water partition coefficient (Wildman–Crippen LogP) is 3.02. The summed E-state index contributed by atoms with van der Waals surface area (Å²) in [7, 11) is -3.81. The van der Waals surface area contributed by atoms with Crippen molar-refractivity contribution >= 4 is 16.0 Å². The fourth-order valence-electron chi connectivity index (χ4n) is 3.01. The molecule has 0 bridgehead atoms. The van der Waals surface area contributed by atoms with Crippen molar-refractivity contribution in [3.05, 3.63) is 65.5 Å². The molecule has 1 atom stereocenters. The Hall–Kier alpha value is -2.25. The van der Waals surface area contributed by atoms with Crippen LogP contribution < -0.4 is 0 Å². The van der Waals surface area contributed by atoms with Gasteiger partial charge < -0.3 is 4.74 Å². The molecule has 132 valence electrons. The lowest BCUT2D eigenvalue weighted by molar-refractivity contribution is -0.144. The van der Waals surface area contributed by atoms with Gasteiger partial charge in [-0.15, -0.1) is 0 Å². The summed E-state index contributed by atoms with van der Waals surface area (Å²) in [6.07, 6.45) is -0.156. The molecule has 0 amide bonds. The van der Waals surface area contributed by atoms with Gasteiger partial charge in [-0.3, -0.25) is 4.79 Å². The first-order valence-electron chi connectivity index (χ1n) is 7.94. The quantitative estimate of drug-likeness (QED) is 0.766. The van der Waals surface area contributed by atoms with Gasteiger partial charge in [0.2, 0.25) is 10.0 Å². The van der Waals surface area contributed by atoms with Crippen LogP contribution in [0.3, 0.4) is 0 Å². The van der Waals surface area contributed by atoms with Crippen LogP contribution in [0.2, 0.25) is 0 Å². The molecular weight excluding hydrogens is 345 g/mol. The zero-order chi connectivity index (χ0) is 18.0. The van der Waals surface area contributed by atoms with Gasteiger partial charge in [0.15, 0.2) is 0 Å². The van der Waals surface area contributed by atoms with Crippen molar-refractivity contribution in [3.8, 4) is 0 Å². The molecule has 2 aromatic carbocycles. The number of benzene rings is 2. The van der Waals surface area contributed by atoms with Crippen LogP contribution in [0.1, 0.15) is 30.5 Å². The van der Waals surface area contributed by atoms with Crippen LogP contribution in [0.5, 0.6) is 0 Å². The van der Waals surface area contributed by atoms with E-state index in [1.54, 1.807) is 19.1 Å². The second-order valence-electron chi connectivity index (χ2n) is 5.74. The number of esters is 1. The molecule has 2 aromatic rings. The van der Waals surface area contributed by atoms with E-state index in [-0.39, 0.29) is 24.5 Å². The van der Waals surface area contributed by atoms with Crippen molar-refractivity contribution in [3.63, 3.8) is 0 Å². The Bertz CT molecular complexity index is 883. The third kappa shape index (κ3) is 3.43. The lowest BCUT2D eigenvalue weighted by Gasteiger charge is -2.23. The lowest BCUT2D eigenvalue weighted by atomic mass is 10.0. The van der Waals surface area contributed by atoms with E-state index in [1.807, 2.05) is 18.2 Å². The lowest BCUT2D eigenvalue weighted by Crippen LogP contribution is -2.29. The third-order valence-corrected chi connectivity index (χ3v) is 6.04. The van der Waals surface area contributed by atoms with Crippen molar-refractivity contribution in [2.24, 2.45) is 0 Å². The molecule has 1 heterocycles. The topological polar surface area (TPSA) is 63.7 Å². The first-order chi connectivity index (χ1) is 11.9. The molecule has 7 heteroatoms. The highest BCUT2D eigenvalue weighted by molar-refractivity contribution is 7.89. The third-order valence-electron chi connectivity index (χ3n) is 4.11. The maximum Gasteiger partial charge on any atom is 0.307 e. The van der Waals surface area contributed by atoms with Gasteiger partial charge in [0, 0.05) is 6.54 Å². The van der Waals surface area contributed by atoms with Crippen molar-refractivity contribution in [2.75, 3.05) is 6.61 Å². The molecule has 0 saturated heterocycles. The van der Waals surface area contributed by atoms with Gasteiger partial charge in [-0.05, 0) is 36.2 Å². The number of halogens is 1. The normalized spacial score (nSPS) is 18.7. The Labute approximate surface area is 146 Å². The highest BCUT2D eigenvalue weighted by atomic mass is 32.2. The average molecular weight is 363 g/mol. The van der Waals surface area contributed by atoms with E-state index in [4.69, 9.17) is 4.74 Å². The second kappa shape index (κ2) is 6.93. The van der Waals surface area contributed by atoms with Crippen LogP contribution in [0.15, 0.2) is 53.4 Å². The highest BCUT2D eigenvalue weighted by Crippen LogP contribution is 2.42. The van der Waals surface area contributed by atoms with E-state index in [9.17, 15) is 17.6 Å². The van der Waals surface area contributed by atoms with E-state index >= 15 is 0 Å². The van der Waals surface area contributed by atoms with E-state index < -0.39 is 27.9 Å². The minimum absolute atomic E-state index is 0.0409. The molecule has 1 aliphatic heterocycles. The Kier molecular flexibility index (Phi) is 4.87. The molecule has 3 rings (SSSR count). The summed E-state index contributed by atoms with van der Waals surface area (Å²) >= 11 is 0. The van der Waals surface area contributed by atoms with Gasteiger partial charge in [-0.2, -0.15) is 4.31 Å². The Morgan fingerprint density at radius 3 is 2.60 bits per heavy atom. The summed E-state index contributed by atoms with van der Waals surface area (Å²) in [5, 5.41) is 0. The molecule has 0 spiro atoms. The zero-order valence-corrected chi connectivity index (χ0v) is 14.5. The van der Waals surface area contributed by atoms with Crippen LogP contribution >= 0.6 is 0 Å². The summed E-state index contributed by atoms with van der Waals surface area (Å²) < 4.78 is 45.7. The van der Waals surface area contributed by atoms with E-state index in [0.29, 0.717) is 5.56 Å². The number of hydrogen-bond donors (Lipinski definition) is 0. The van der Waals surface area contributed by atoms with Gasteiger partial charge in [-0.1, -0.05) is 30.3 Å². The molecular formula is C18H18FNO4S. The summed E-state index contributed by atoms with van der Waals surface area (Å²) in [6.45, 7) is 1.98.